The largest absolute Gasteiger partial charge is 0.456 e. The second kappa shape index (κ2) is 9.22. The lowest BCUT2D eigenvalue weighted by Crippen LogP contribution is -1.94. The first-order chi connectivity index (χ1) is 22.3. The minimum absolute atomic E-state index is 0.889. The van der Waals surface area contributed by atoms with Gasteiger partial charge in [0.05, 0.1) is 22.1 Å². The molecule has 10 rings (SSSR count). The van der Waals surface area contributed by atoms with Crippen LogP contribution in [-0.4, -0.2) is 9.13 Å². The van der Waals surface area contributed by atoms with Gasteiger partial charge in [0.25, 0.3) is 0 Å². The second-order valence-electron chi connectivity index (χ2n) is 11.8. The maximum absolute atomic E-state index is 6.47. The van der Waals surface area contributed by atoms with Gasteiger partial charge >= 0.3 is 0 Å². The molecular weight excluding hydrogens is 548 g/mol. The zero-order valence-corrected chi connectivity index (χ0v) is 24.3. The minimum Gasteiger partial charge on any atom is -0.456 e. The third-order valence-corrected chi connectivity index (χ3v) is 9.31. The summed E-state index contributed by atoms with van der Waals surface area (Å²) in [5.41, 5.74) is 11.2. The van der Waals surface area contributed by atoms with Crippen LogP contribution in [0.4, 0.5) is 0 Å². The van der Waals surface area contributed by atoms with E-state index in [-0.39, 0.29) is 0 Å². The van der Waals surface area contributed by atoms with E-state index in [1.807, 2.05) is 0 Å². The Balaban J connectivity index is 1.11. The number of hydrogen-bond acceptors (Lipinski definition) is 1. The second-order valence-corrected chi connectivity index (χ2v) is 11.8. The van der Waals surface area contributed by atoms with Crippen molar-refractivity contribution in [3.8, 4) is 22.5 Å². The maximum Gasteiger partial charge on any atom is 0.137 e. The molecular formula is C42H26N2O. The Labute approximate surface area is 258 Å². The Morgan fingerprint density at radius 3 is 1.40 bits per heavy atom. The molecule has 0 saturated carbocycles. The number of nitrogens with zero attached hydrogens (tertiary/aromatic N) is 2. The lowest BCUT2D eigenvalue weighted by atomic mass is 10.0. The van der Waals surface area contributed by atoms with E-state index in [1.54, 1.807) is 0 Å². The first-order valence-corrected chi connectivity index (χ1v) is 15.4. The van der Waals surface area contributed by atoms with Crippen LogP contribution in [0.3, 0.4) is 0 Å². The van der Waals surface area contributed by atoms with Crippen molar-refractivity contribution in [1.29, 1.82) is 0 Å². The van der Waals surface area contributed by atoms with E-state index in [9.17, 15) is 0 Å². The monoisotopic (exact) mass is 574 g/mol. The fourth-order valence-corrected chi connectivity index (χ4v) is 7.31. The summed E-state index contributed by atoms with van der Waals surface area (Å²) in [5, 5.41) is 7.29. The van der Waals surface area contributed by atoms with E-state index in [4.69, 9.17) is 4.42 Å². The topological polar surface area (TPSA) is 23.0 Å². The van der Waals surface area contributed by atoms with Gasteiger partial charge in [-0.1, -0.05) is 91.0 Å². The molecule has 0 N–H and O–H groups in total. The van der Waals surface area contributed by atoms with Crippen molar-refractivity contribution >= 4 is 65.6 Å². The van der Waals surface area contributed by atoms with E-state index in [0.29, 0.717) is 0 Å². The van der Waals surface area contributed by atoms with Gasteiger partial charge in [0.15, 0.2) is 0 Å². The van der Waals surface area contributed by atoms with Gasteiger partial charge in [-0.05, 0) is 71.8 Å². The van der Waals surface area contributed by atoms with E-state index >= 15 is 0 Å². The van der Waals surface area contributed by atoms with Gasteiger partial charge in [0.1, 0.15) is 11.2 Å². The Hall–Kier alpha value is -6.06. The van der Waals surface area contributed by atoms with E-state index in [0.717, 1.165) is 33.3 Å². The highest BCUT2D eigenvalue weighted by molar-refractivity contribution is 6.11. The van der Waals surface area contributed by atoms with Crippen LogP contribution in [0, 0.1) is 0 Å². The molecule has 210 valence electrons. The van der Waals surface area contributed by atoms with Crippen molar-refractivity contribution in [2.24, 2.45) is 0 Å². The first-order valence-electron chi connectivity index (χ1n) is 15.4. The molecule has 0 atom stereocenters. The summed E-state index contributed by atoms with van der Waals surface area (Å²) in [6, 6.07) is 56.5. The average molecular weight is 575 g/mol. The molecule has 7 aromatic carbocycles. The molecule has 0 unspecified atom stereocenters. The average Bonchev–Trinajstić information content (AvgIpc) is 3.75. The van der Waals surface area contributed by atoms with Crippen LogP contribution >= 0.6 is 0 Å². The molecule has 0 radical (unpaired) electrons. The predicted octanol–water partition coefficient (Wildman–Crippen LogP) is 11.4. The molecule has 45 heavy (non-hydrogen) atoms. The van der Waals surface area contributed by atoms with Crippen molar-refractivity contribution in [3.63, 3.8) is 0 Å². The van der Waals surface area contributed by atoms with Gasteiger partial charge in [-0.25, -0.2) is 0 Å². The van der Waals surface area contributed by atoms with Crippen LogP contribution in [0.25, 0.3) is 88.1 Å². The highest BCUT2D eigenvalue weighted by Gasteiger charge is 2.16. The Kier molecular flexibility index (Phi) is 5.00. The number of furan rings is 1. The van der Waals surface area contributed by atoms with Gasteiger partial charge in [-0.15, -0.1) is 0 Å². The summed E-state index contributed by atoms with van der Waals surface area (Å²) in [6.07, 6.45) is 0. The maximum atomic E-state index is 6.47. The van der Waals surface area contributed by atoms with E-state index in [2.05, 4.69) is 167 Å². The van der Waals surface area contributed by atoms with Crippen molar-refractivity contribution in [1.82, 2.24) is 9.13 Å². The van der Waals surface area contributed by atoms with Gasteiger partial charge < -0.3 is 13.6 Å². The Morgan fingerprint density at radius 1 is 0.311 bits per heavy atom. The fourth-order valence-electron chi connectivity index (χ4n) is 7.31. The van der Waals surface area contributed by atoms with Crippen LogP contribution < -0.4 is 0 Å². The number of rotatable bonds is 3. The quantitative estimate of drug-likeness (QED) is 0.206. The smallest absolute Gasteiger partial charge is 0.137 e. The molecule has 0 saturated heterocycles. The number of aromatic nitrogens is 2. The van der Waals surface area contributed by atoms with Crippen LogP contribution in [0.2, 0.25) is 0 Å². The lowest BCUT2D eigenvalue weighted by molar-refractivity contribution is 0.668. The highest BCUT2D eigenvalue weighted by Crippen LogP contribution is 2.38. The van der Waals surface area contributed by atoms with Crippen LogP contribution in [0.5, 0.6) is 0 Å². The van der Waals surface area contributed by atoms with Crippen LogP contribution in [-0.2, 0) is 0 Å². The van der Waals surface area contributed by atoms with Crippen molar-refractivity contribution in [3.05, 3.63) is 158 Å². The summed E-state index contributed by atoms with van der Waals surface area (Å²) in [4.78, 5) is 0. The fraction of sp³-hybridized carbons (Fsp3) is 0. The number of fused-ring (bicyclic) bond motifs is 9. The number of hydrogen-bond donors (Lipinski definition) is 0. The molecule has 0 aliphatic rings. The molecule has 3 heteroatoms. The SMILES string of the molecule is c1cc(-c2ccc3oc4cc(-n5c6ccccc6c6ccccc65)ccc4c3c2)cc(-n2c3ccccc3c3ccccc32)c1. The van der Waals surface area contributed by atoms with Gasteiger partial charge in [0, 0.05) is 49.8 Å². The molecule has 10 aromatic rings. The Bertz CT molecular complexity index is 2670. The molecule has 0 aliphatic carbocycles. The van der Waals surface area contributed by atoms with Crippen molar-refractivity contribution < 1.29 is 4.42 Å². The molecule has 0 spiro atoms. The summed E-state index contributed by atoms with van der Waals surface area (Å²) >= 11 is 0. The standard InChI is InChI=1S/C42H26N2O/c1-5-16-37-31(12-1)32-13-2-6-17-38(32)43(37)29-11-9-10-27(24-29)28-20-23-41-36(25-28)35-22-21-30(26-42(35)45-41)44-39-18-7-3-14-33(39)34-15-4-8-19-40(34)44/h1-26H. The molecule has 0 amide bonds. The molecule has 3 aromatic heterocycles. The summed E-state index contributed by atoms with van der Waals surface area (Å²) in [5.74, 6) is 0. The number of para-hydroxylation sites is 4. The normalized spacial score (nSPS) is 12.0. The molecule has 3 heterocycles. The van der Waals surface area contributed by atoms with Gasteiger partial charge in [0.2, 0.25) is 0 Å². The zero-order valence-electron chi connectivity index (χ0n) is 24.3. The third kappa shape index (κ3) is 3.52. The zero-order chi connectivity index (χ0) is 29.5. The first kappa shape index (κ1) is 24.4. The highest BCUT2D eigenvalue weighted by atomic mass is 16.3. The van der Waals surface area contributed by atoms with E-state index in [1.165, 1.54) is 54.7 Å². The summed E-state index contributed by atoms with van der Waals surface area (Å²) in [7, 11) is 0. The predicted molar refractivity (Wildman–Crippen MR) is 188 cm³/mol. The van der Waals surface area contributed by atoms with Crippen LogP contribution in [0.15, 0.2) is 162 Å². The van der Waals surface area contributed by atoms with Crippen molar-refractivity contribution in [2.75, 3.05) is 0 Å². The number of benzene rings is 7. The van der Waals surface area contributed by atoms with Gasteiger partial charge in [-0.3, -0.25) is 0 Å². The lowest BCUT2D eigenvalue weighted by Gasteiger charge is -2.10. The van der Waals surface area contributed by atoms with Crippen LogP contribution in [0.1, 0.15) is 0 Å². The van der Waals surface area contributed by atoms with Crippen molar-refractivity contribution in [2.45, 2.75) is 0 Å². The van der Waals surface area contributed by atoms with Gasteiger partial charge in [-0.2, -0.15) is 0 Å². The molecule has 0 fully saturated rings. The molecule has 0 aliphatic heterocycles. The third-order valence-electron chi connectivity index (χ3n) is 9.31. The minimum atomic E-state index is 0.889. The summed E-state index contributed by atoms with van der Waals surface area (Å²) < 4.78 is 11.2. The molecule has 0 bridgehead atoms. The van der Waals surface area contributed by atoms with E-state index < -0.39 is 0 Å². The Morgan fingerprint density at radius 2 is 0.822 bits per heavy atom. The summed E-state index contributed by atoms with van der Waals surface area (Å²) in [6.45, 7) is 0. The molecule has 3 nitrogen and oxygen atoms in total.